The summed E-state index contributed by atoms with van der Waals surface area (Å²) >= 11 is 9.73. The largest absolute Gasteiger partial charge is 0.478 e. The van der Waals surface area contributed by atoms with E-state index in [1.807, 2.05) is 12.1 Å². The van der Waals surface area contributed by atoms with Gasteiger partial charge in [0.15, 0.2) is 4.77 Å². The number of hydrogen-bond acceptors (Lipinski definition) is 4. The molecule has 4 nitrogen and oxygen atoms in total. The molecule has 0 aliphatic carbocycles. The average Bonchev–Trinajstić information content (AvgIpc) is 2.62. The summed E-state index contributed by atoms with van der Waals surface area (Å²) in [4.78, 5) is 18.9. The summed E-state index contributed by atoms with van der Waals surface area (Å²) in [6.45, 7) is 1.67. The highest BCUT2D eigenvalue weighted by molar-refractivity contribution is 9.11. The molecule has 2 heterocycles. The van der Waals surface area contributed by atoms with E-state index < -0.39 is 5.97 Å². The van der Waals surface area contributed by atoms with Gasteiger partial charge in [0, 0.05) is 5.69 Å². The van der Waals surface area contributed by atoms with Gasteiger partial charge in [0.1, 0.15) is 5.56 Å². The SMILES string of the molecule is Cc1[nH]c(=S)nc(-c2ccc(Br)s2)c1C(=O)O. The zero-order chi connectivity index (χ0) is 12.6. The Morgan fingerprint density at radius 3 is 2.82 bits per heavy atom. The number of rotatable bonds is 2. The smallest absolute Gasteiger partial charge is 0.339 e. The zero-order valence-corrected chi connectivity index (χ0v) is 11.9. The van der Waals surface area contributed by atoms with Gasteiger partial charge in [0.2, 0.25) is 0 Å². The summed E-state index contributed by atoms with van der Waals surface area (Å²) in [6.07, 6.45) is 0. The van der Waals surface area contributed by atoms with Crippen LogP contribution >= 0.6 is 39.5 Å². The molecule has 17 heavy (non-hydrogen) atoms. The minimum atomic E-state index is -1.01. The number of carbonyl (C=O) groups is 1. The molecule has 0 atom stereocenters. The van der Waals surface area contributed by atoms with Crippen molar-refractivity contribution in [3.63, 3.8) is 0 Å². The molecule has 2 N–H and O–H groups in total. The van der Waals surface area contributed by atoms with Gasteiger partial charge in [-0.25, -0.2) is 9.78 Å². The van der Waals surface area contributed by atoms with Crippen molar-refractivity contribution in [2.24, 2.45) is 0 Å². The fourth-order valence-corrected chi connectivity index (χ4v) is 3.09. The number of H-pyrrole nitrogens is 1. The third kappa shape index (κ3) is 2.46. The lowest BCUT2D eigenvalue weighted by Gasteiger charge is -2.05. The third-order valence-electron chi connectivity index (χ3n) is 2.14. The Morgan fingerprint density at radius 2 is 2.29 bits per heavy atom. The van der Waals surface area contributed by atoms with E-state index in [9.17, 15) is 9.90 Å². The molecular formula is C10H7BrN2O2S2. The van der Waals surface area contributed by atoms with Crippen molar-refractivity contribution in [1.29, 1.82) is 0 Å². The fraction of sp³-hybridized carbons (Fsp3) is 0.100. The van der Waals surface area contributed by atoms with E-state index in [1.54, 1.807) is 6.92 Å². The van der Waals surface area contributed by atoms with Crippen LogP contribution in [-0.4, -0.2) is 21.0 Å². The van der Waals surface area contributed by atoms with Crippen LogP contribution in [0.3, 0.4) is 0 Å². The molecule has 0 bridgehead atoms. The molecule has 2 aromatic heterocycles. The molecule has 2 rings (SSSR count). The molecule has 0 saturated carbocycles. The molecule has 0 amide bonds. The van der Waals surface area contributed by atoms with Gasteiger partial charge in [-0.1, -0.05) is 0 Å². The van der Waals surface area contributed by atoms with E-state index in [0.717, 1.165) is 8.66 Å². The lowest BCUT2D eigenvalue weighted by atomic mass is 10.1. The van der Waals surface area contributed by atoms with Crippen LogP contribution in [0, 0.1) is 11.7 Å². The van der Waals surface area contributed by atoms with Crippen molar-refractivity contribution in [1.82, 2.24) is 9.97 Å². The van der Waals surface area contributed by atoms with Gasteiger partial charge >= 0.3 is 5.97 Å². The van der Waals surface area contributed by atoms with Crippen LogP contribution in [-0.2, 0) is 0 Å². The molecule has 2 aromatic rings. The van der Waals surface area contributed by atoms with Crippen LogP contribution in [0.5, 0.6) is 0 Å². The van der Waals surface area contributed by atoms with Crippen molar-refractivity contribution in [3.8, 4) is 10.6 Å². The highest BCUT2D eigenvalue weighted by atomic mass is 79.9. The molecule has 7 heteroatoms. The van der Waals surface area contributed by atoms with Gasteiger partial charge < -0.3 is 10.1 Å². The normalized spacial score (nSPS) is 10.5. The maximum atomic E-state index is 11.2. The van der Waals surface area contributed by atoms with Gasteiger partial charge in [-0.15, -0.1) is 11.3 Å². The number of hydrogen-bond donors (Lipinski definition) is 2. The van der Waals surface area contributed by atoms with Crippen LogP contribution in [0.25, 0.3) is 10.6 Å². The number of carboxylic acids is 1. The third-order valence-corrected chi connectivity index (χ3v) is 3.96. The van der Waals surface area contributed by atoms with E-state index in [2.05, 4.69) is 25.9 Å². The molecule has 0 saturated heterocycles. The highest BCUT2D eigenvalue weighted by Crippen LogP contribution is 2.32. The number of halogens is 1. The molecular weight excluding hydrogens is 324 g/mol. The van der Waals surface area contributed by atoms with Crippen molar-refractivity contribution in [2.45, 2.75) is 6.92 Å². The number of carboxylic acid groups (broad SMARTS) is 1. The van der Waals surface area contributed by atoms with E-state index in [1.165, 1.54) is 11.3 Å². The van der Waals surface area contributed by atoms with E-state index in [-0.39, 0.29) is 10.3 Å². The standard InChI is InChI=1S/C10H7BrN2O2S2/c1-4-7(9(14)15)8(13-10(16)12-4)5-2-3-6(11)17-5/h2-3H,1H3,(H,14,15)(H,12,13,16). The molecule has 0 spiro atoms. The number of nitrogens with zero attached hydrogens (tertiary/aromatic N) is 1. The number of aromatic amines is 1. The minimum Gasteiger partial charge on any atom is -0.478 e. The van der Waals surface area contributed by atoms with E-state index in [4.69, 9.17) is 12.2 Å². The van der Waals surface area contributed by atoms with Crippen molar-refractivity contribution in [2.75, 3.05) is 0 Å². The lowest BCUT2D eigenvalue weighted by molar-refractivity contribution is 0.0696. The molecule has 0 aromatic carbocycles. The second-order valence-electron chi connectivity index (χ2n) is 3.30. The lowest BCUT2D eigenvalue weighted by Crippen LogP contribution is -2.06. The summed E-state index contributed by atoms with van der Waals surface area (Å²) in [5, 5.41) is 9.20. The predicted molar refractivity (Wildman–Crippen MR) is 72.1 cm³/mol. The summed E-state index contributed by atoms with van der Waals surface area (Å²) in [5.74, 6) is -1.01. The first-order valence-corrected chi connectivity index (χ1v) is 6.60. The maximum absolute atomic E-state index is 11.2. The van der Waals surface area contributed by atoms with Gasteiger partial charge in [0.05, 0.1) is 14.4 Å². The Kier molecular flexibility index (Phi) is 3.41. The topological polar surface area (TPSA) is 66.0 Å². The van der Waals surface area contributed by atoms with Crippen LogP contribution in [0.2, 0.25) is 0 Å². The number of thiophene rings is 1. The van der Waals surface area contributed by atoms with Crippen molar-refractivity contribution < 1.29 is 9.90 Å². The Labute approximate surface area is 114 Å². The first kappa shape index (κ1) is 12.4. The van der Waals surface area contributed by atoms with Crippen LogP contribution < -0.4 is 0 Å². The molecule has 0 radical (unpaired) electrons. The van der Waals surface area contributed by atoms with Crippen LogP contribution in [0.15, 0.2) is 15.9 Å². The second kappa shape index (κ2) is 4.67. The summed E-state index contributed by atoms with van der Waals surface area (Å²) in [7, 11) is 0. The van der Waals surface area contributed by atoms with Crippen molar-refractivity contribution in [3.05, 3.63) is 31.9 Å². The van der Waals surface area contributed by atoms with E-state index >= 15 is 0 Å². The average molecular weight is 331 g/mol. The molecule has 0 fully saturated rings. The summed E-state index contributed by atoms with van der Waals surface area (Å²) in [6, 6.07) is 3.67. The zero-order valence-electron chi connectivity index (χ0n) is 8.65. The molecule has 0 aliphatic heterocycles. The summed E-state index contributed by atoms with van der Waals surface area (Å²) in [5.41, 5.74) is 1.08. The van der Waals surface area contributed by atoms with Gasteiger partial charge in [-0.2, -0.15) is 0 Å². The van der Waals surface area contributed by atoms with E-state index in [0.29, 0.717) is 11.4 Å². The van der Waals surface area contributed by atoms with Gasteiger partial charge in [-0.3, -0.25) is 0 Å². The predicted octanol–water partition coefficient (Wildman–Crippen LogP) is 3.64. The monoisotopic (exact) mass is 330 g/mol. The first-order valence-electron chi connectivity index (χ1n) is 4.59. The Morgan fingerprint density at radius 1 is 1.59 bits per heavy atom. The number of aromatic carboxylic acids is 1. The summed E-state index contributed by atoms with van der Waals surface area (Å²) < 4.78 is 1.20. The molecule has 88 valence electrons. The minimum absolute atomic E-state index is 0.160. The molecule has 0 aliphatic rings. The van der Waals surface area contributed by atoms with Gasteiger partial charge in [-0.05, 0) is 47.2 Å². The number of aryl methyl sites for hydroxylation is 1. The maximum Gasteiger partial charge on any atom is 0.339 e. The number of nitrogens with one attached hydrogen (secondary N) is 1. The Balaban J connectivity index is 2.75. The number of aromatic nitrogens is 2. The van der Waals surface area contributed by atoms with Crippen molar-refractivity contribution >= 4 is 45.5 Å². The second-order valence-corrected chi connectivity index (χ2v) is 6.15. The highest BCUT2D eigenvalue weighted by Gasteiger charge is 2.18. The van der Waals surface area contributed by atoms with Gasteiger partial charge in [0.25, 0.3) is 0 Å². The van der Waals surface area contributed by atoms with Crippen LogP contribution in [0.4, 0.5) is 0 Å². The first-order chi connectivity index (χ1) is 7.99. The quantitative estimate of drug-likeness (QED) is 0.825. The van der Waals surface area contributed by atoms with Crippen LogP contribution in [0.1, 0.15) is 16.1 Å². The Bertz CT molecular complexity index is 648. The fourth-order valence-electron chi connectivity index (χ4n) is 1.47. The molecule has 0 unspecified atom stereocenters. The Hall–Kier alpha value is -1.05.